The van der Waals surface area contributed by atoms with Gasteiger partial charge in [0.25, 0.3) is 0 Å². The van der Waals surface area contributed by atoms with Gasteiger partial charge < -0.3 is 15.4 Å². The van der Waals surface area contributed by atoms with Gasteiger partial charge in [0.1, 0.15) is 5.60 Å². The van der Waals surface area contributed by atoms with Crippen LogP contribution in [0.25, 0.3) is 0 Å². The van der Waals surface area contributed by atoms with Crippen LogP contribution in [0.2, 0.25) is 0 Å². The first-order valence-corrected chi connectivity index (χ1v) is 8.88. The van der Waals surface area contributed by atoms with E-state index in [0.29, 0.717) is 17.5 Å². The predicted molar refractivity (Wildman–Crippen MR) is 90.0 cm³/mol. The summed E-state index contributed by atoms with van der Waals surface area (Å²) in [6.07, 6.45) is 8.08. The van der Waals surface area contributed by atoms with Crippen LogP contribution in [-0.4, -0.2) is 29.8 Å². The van der Waals surface area contributed by atoms with Crippen LogP contribution in [0.3, 0.4) is 0 Å². The number of amides is 1. The number of carbonyl (C=O) groups is 1. The molecule has 0 saturated heterocycles. The molecule has 0 aliphatic heterocycles. The molecule has 2 saturated carbocycles. The summed E-state index contributed by atoms with van der Waals surface area (Å²) in [5.74, 6) is 0. The molecule has 128 valence electrons. The van der Waals surface area contributed by atoms with Crippen LogP contribution in [0.15, 0.2) is 0 Å². The van der Waals surface area contributed by atoms with Gasteiger partial charge in [0.2, 0.25) is 0 Å². The van der Waals surface area contributed by atoms with E-state index < -0.39 is 5.60 Å². The summed E-state index contributed by atoms with van der Waals surface area (Å²) in [6.45, 7) is 10.4. The molecule has 2 aliphatic carbocycles. The molecule has 2 aliphatic rings. The van der Waals surface area contributed by atoms with E-state index in [1.807, 2.05) is 20.8 Å². The normalized spacial score (nSPS) is 31.8. The van der Waals surface area contributed by atoms with E-state index in [9.17, 15) is 4.79 Å². The van der Waals surface area contributed by atoms with Crippen molar-refractivity contribution in [1.82, 2.24) is 10.6 Å². The number of alkyl carbamates (subject to hydrolysis) is 1. The molecule has 2 N–H and O–H groups in total. The summed E-state index contributed by atoms with van der Waals surface area (Å²) >= 11 is 0. The molecule has 0 spiro atoms. The van der Waals surface area contributed by atoms with Crippen LogP contribution >= 0.6 is 0 Å². The molecule has 2 fully saturated rings. The lowest BCUT2D eigenvalue weighted by atomic mass is 9.89. The second-order valence-electron chi connectivity index (χ2n) is 8.98. The minimum Gasteiger partial charge on any atom is -0.444 e. The highest BCUT2D eigenvalue weighted by Crippen LogP contribution is 2.37. The Labute approximate surface area is 135 Å². The number of rotatable bonds is 3. The van der Waals surface area contributed by atoms with Gasteiger partial charge in [-0.15, -0.1) is 0 Å². The van der Waals surface area contributed by atoms with Crippen molar-refractivity contribution in [2.45, 2.75) is 103 Å². The summed E-state index contributed by atoms with van der Waals surface area (Å²) in [7, 11) is 0. The predicted octanol–water partition coefficient (Wildman–Crippen LogP) is 3.99. The molecule has 4 heteroatoms. The second kappa shape index (κ2) is 6.77. The molecule has 0 aromatic heterocycles. The van der Waals surface area contributed by atoms with Crippen LogP contribution < -0.4 is 10.6 Å². The van der Waals surface area contributed by atoms with Crippen LogP contribution in [0, 0.1) is 5.41 Å². The van der Waals surface area contributed by atoms with E-state index in [2.05, 4.69) is 24.5 Å². The van der Waals surface area contributed by atoms with Crippen molar-refractivity contribution < 1.29 is 9.53 Å². The molecule has 2 rings (SSSR count). The van der Waals surface area contributed by atoms with Crippen molar-refractivity contribution in [3.63, 3.8) is 0 Å². The molecule has 3 atom stereocenters. The highest BCUT2D eigenvalue weighted by atomic mass is 16.6. The Morgan fingerprint density at radius 1 is 1.09 bits per heavy atom. The molecule has 4 nitrogen and oxygen atoms in total. The molecule has 0 radical (unpaired) electrons. The summed E-state index contributed by atoms with van der Waals surface area (Å²) in [6, 6.07) is 1.43. The molecule has 0 bridgehead atoms. The topological polar surface area (TPSA) is 50.4 Å². The van der Waals surface area contributed by atoms with E-state index in [4.69, 9.17) is 4.74 Å². The molecular formula is C18H34N2O2. The van der Waals surface area contributed by atoms with Gasteiger partial charge in [-0.25, -0.2) is 4.79 Å². The Kier molecular flexibility index (Phi) is 5.41. The maximum atomic E-state index is 11.9. The largest absolute Gasteiger partial charge is 0.444 e. The number of nitrogens with one attached hydrogen (secondary N) is 2. The average Bonchev–Trinajstić information content (AvgIpc) is 2.66. The van der Waals surface area contributed by atoms with Gasteiger partial charge in [0.05, 0.1) is 0 Å². The van der Waals surface area contributed by atoms with E-state index in [1.54, 1.807) is 0 Å². The van der Waals surface area contributed by atoms with Gasteiger partial charge in [0, 0.05) is 18.1 Å². The zero-order chi connectivity index (χ0) is 16.4. The Morgan fingerprint density at radius 2 is 1.77 bits per heavy atom. The molecule has 0 heterocycles. The Bertz CT molecular complexity index is 387. The lowest BCUT2D eigenvalue weighted by Crippen LogP contribution is -2.47. The summed E-state index contributed by atoms with van der Waals surface area (Å²) in [5.41, 5.74) is 0.0618. The maximum Gasteiger partial charge on any atom is 0.407 e. The highest BCUT2D eigenvalue weighted by Gasteiger charge is 2.33. The average molecular weight is 310 g/mol. The van der Waals surface area contributed by atoms with E-state index >= 15 is 0 Å². The fraction of sp³-hybridized carbons (Fsp3) is 0.944. The van der Waals surface area contributed by atoms with Gasteiger partial charge in [0.15, 0.2) is 0 Å². The Balaban J connectivity index is 1.76. The van der Waals surface area contributed by atoms with Gasteiger partial charge in [-0.2, -0.15) is 0 Å². The summed E-state index contributed by atoms with van der Waals surface area (Å²) in [4.78, 5) is 11.9. The van der Waals surface area contributed by atoms with E-state index in [-0.39, 0.29) is 12.1 Å². The Morgan fingerprint density at radius 3 is 2.36 bits per heavy atom. The third-order valence-electron chi connectivity index (χ3n) is 4.84. The maximum absolute atomic E-state index is 11.9. The molecule has 0 aromatic carbocycles. The second-order valence-corrected chi connectivity index (χ2v) is 8.98. The monoisotopic (exact) mass is 310 g/mol. The zero-order valence-electron chi connectivity index (χ0n) is 15.0. The fourth-order valence-corrected chi connectivity index (χ4v) is 3.86. The van der Waals surface area contributed by atoms with Crippen LogP contribution in [0.4, 0.5) is 4.79 Å². The lowest BCUT2D eigenvalue weighted by Gasteiger charge is -2.33. The molecular weight excluding hydrogens is 276 g/mol. The number of hydrogen-bond donors (Lipinski definition) is 2. The third-order valence-corrected chi connectivity index (χ3v) is 4.84. The quantitative estimate of drug-likeness (QED) is 0.828. The molecule has 0 aromatic rings. The standard InChI is InChI=1S/C18H34N2O2/c1-17(2,3)22-16(21)20-14-8-6-7-13(11-14)19-15-9-10-18(4,5)12-15/h13-15,19H,6-12H2,1-5H3,(H,20,21). The fourth-order valence-electron chi connectivity index (χ4n) is 3.86. The van der Waals surface area contributed by atoms with Crippen LogP contribution in [0.1, 0.15) is 79.6 Å². The zero-order valence-corrected chi connectivity index (χ0v) is 15.0. The first-order chi connectivity index (χ1) is 10.1. The molecule has 3 unspecified atom stereocenters. The smallest absolute Gasteiger partial charge is 0.407 e. The van der Waals surface area contributed by atoms with Crippen molar-refractivity contribution >= 4 is 6.09 Å². The van der Waals surface area contributed by atoms with Crippen molar-refractivity contribution in [3.8, 4) is 0 Å². The molecule has 1 amide bonds. The third kappa shape index (κ3) is 5.79. The first kappa shape index (κ1) is 17.6. The van der Waals surface area contributed by atoms with Crippen LogP contribution in [-0.2, 0) is 4.74 Å². The number of carbonyl (C=O) groups excluding carboxylic acids is 1. The van der Waals surface area contributed by atoms with Crippen molar-refractivity contribution in [3.05, 3.63) is 0 Å². The minimum absolute atomic E-state index is 0.246. The van der Waals surface area contributed by atoms with E-state index in [0.717, 1.165) is 12.8 Å². The summed E-state index contributed by atoms with van der Waals surface area (Å²) in [5, 5.41) is 6.88. The Hall–Kier alpha value is -0.770. The van der Waals surface area contributed by atoms with Crippen molar-refractivity contribution in [1.29, 1.82) is 0 Å². The number of hydrogen-bond acceptors (Lipinski definition) is 3. The highest BCUT2D eigenvalue weighted by molar-refractivity contribution is 5.68. The van der Waals surface area contributed by atoms with Crippen molar-refractivity contribution in [2.75, 3.05) is 0 Å². The number of ether oxygens (including phenoxy) is 1. The SMILES string of the molecule is CC1(C)CCC(NC2CCCC(NC(=O)OC(C)(C)C)C2)C1. The van der Waals surface area contributed by atoms with Gasteiger partial charge in [-0.05, 0) is 71.1 Å². The van der Waals surface area contributed by atoms with Crippen LogP contribution in [0.5, 0.6) is 0 Å². The van der Waals surface area contributed by atoms with E-state index in [1.165, 1.54) is 32.1 Å². The first-order valence-electron chi connectivity index (χ1n) is 8.88. The lowest BCUT2D eigenvalue weighted by molar-refractivity contribution is 0.0488. The van der Waals surface area contributed by atoms with Gasteiger partial charge >= 0.3 is 6.09 Å². The van der Waals surface area contributed by atoms with Crippen molar-refractivity contribution in [2.24, 2.45) is 5.41 Å². The van der Waals surface area contributed by atoms with Gasteiger partial charge in [-0.1, -0.05) is 13.8 Å². The summed E-state index contributed by atoms with van der Waals surface area (Å²) < 4.78 is 5.37. The minimum atomic E-state index is -0.425. The van der Waals surface area contributed by atoms with Gasteiger partial charge in [-0.3, -0.25) is 0 Å². The molecule has 22 heavy (non-hydrogen) atoms.